The highest BCUT2D eigenvalue weighted by Gasteiger charge is 2.37. The summed E-state index contributed by atoms with van der Waals surface area (Å²) in [6, 6.07) is 10.1. The van der Waals surface area contributed by atoms with Gasteiger partial charge in [0.25, 0.3) is 5.89 Å². The first-order valence-electron chi connectivity index (χ1n) is 9.08. The van der Waals surface area contributed by atoms with E-state index in [1.807, 2.05) is 18.2 Å². The van der Waals surface area contributed by atoms with Crippen LogP contribution in [0.2, 0.25) is 0 Å². The van der Waals surface area contributed by atoms with Gasteiger partial charge in [0.05, 0.1) is 11.6 Å². The smallest absolute Gasteiger partial charge is 0.260 e. The number of nitrogens with zero attached hydrogens (tertiary/aromatic N) is 2. The zero-order valence-electron chi connectivity index (χ0n) is 14.4. The lowest BCUT2D eigenvalue weighted by Crippen LogP contribution is -2.34. The van der Waals surface area contributed by atoms with Crippen LogP contribution in [0.5, 0.6) is 0 Å². The second-order valence-electron chi connectivity index (χ2n) is 7.15. The van der Waals surface area contributed by atoms with Crippen LogP contribution in [0.15, 0.2) is 34.9 Å². The Morgan fingerprint density at radius 1 is 1.08 bits per heavy atom. The number of aromatic nitrogens is 2. The van der Waals surface area contributed by atoms with Crippen LogP contribution in [0.1, 0.15) is 74.7 Å². The molecular formula is C19H26ClN3O2. The van der Waals surface area contributed by atoms with E-state index in [2.05, 4.69) is 22.3 Å². The summed E-state index contributed by atoms with van der Waals surface area (Å²) in [6.45, 7) is 0. The van der Waals surface area contributed by atoms with Crippen LogP contribution in [0.4, 0.5) is 0 Å². The number of rotatable bonds is 5. The minimum absolute atomic E-state index is 0. The molecule has 2 N–H and O–H groups in total. The minimum Gasteiger partial charge on any atom is -0.360 e. The van der Waals surface area contributed by atoms with Crippen molar-refractivity contribution in [2.24, 2.45) is 5.73 Å². The molecule has 136 valence electrons. The molecule has 0 radical (unpaired) electrons. The molecule has 5 nitrogen and oxygen atoms in total. The maximum Gasteiger partial charge on any atom is 0.260 e. The van der Waals surface area contributed by atoms with E-state index in [0.29, 0.717) is 11.7 Å². The first-order chi connectivity index (χ1) is 11.7. The number of nitrogens with two attached hydrogens (primary N) is 1. The molecule has 2 aliphatic carbocycles. The quantitative estimate of drug-likeness (QED) is 0.858. The Kier molecular flexibility index (Phi) is 5.77. The molecule has 1 heterocycles. The van der Waals surface area contributed by atoms with E-state index in [1.165, 1.54) is 12.8 Å². The molecule has 2 saturated carbocycles. The van der Waals surface area contributed by atoms with Gasteiger partial charge < -0.3 is 15.0 Å². The highest BCUT2D eigenvalue weighted by atomic mass is 35.5. The average molecular weight is 364 g/mol. The van der Waals surface area contributed by atoms with Crippen molar-refractivity contribution >= 4 is 12.4 Å². The molecule has 1 aromatic carbocycles. The summed E-state index contributed by atoms with van der Waals surface area (Å²) in [6.07, 6.45) is 8.72. The summed E-state index contributed by atoms with van der Waals surface area (Å²) < 4.78 is 12.0. The highest BCUT2D eigenvalue weighted by Crippen LogP contribution is 2.37. The van der Waals surface area contributed by atoms with Crippen molar-refractivity contribution in [2.45, 2.75) is 69.1 Å². The summed E-state index contributed by atoms with van der Waals surface area (Å²) >= 11 is 0. The van der Waals surface area contributed by atoms with Crippen LogP contribution in [-0.4, -0.2) is 16.2 Å². The highest BCUT2D eigenvalue weighted by molar-refractivity contribution is 5.85. The van der Waals surface area contributed by atoms with Gasteiger partial charge in [-0.3, -0.25) is 0 Å². The van der Waals surface area contributed by atoms with Gasteiger partial charge in [-0.05, 0) is 31.2 Å². The average Bonchev–Trinajstić information content (AvgIpc) is 3.35. The van der Waals surface area contributed by atoms with Crippen molar-refractivity contribution in [2.75, 3.05) is 0 Å². The fraction of sp³-hybridized carbons (Fsp3) is 0.579. The predicted octanol–water partition coefficient (Wildman–Crippen LogP) is 4.27. The van der Waals surface area contributed by atoms with Gasteiger partial charge in [-0.15, -0.1) is 12.4 Å². The lowest BCUT2D eigenvalue weighted by molar-refractivity contribution is -0.00315. The molecule has 6 heteroatoms. The molecule has 1 aromatic heterocycles. The Bertz CT molecular complexity index is 664. The first-order valence-corrected chi connectivity index (χ1v) is 9.08. The number of hydrogen-bond donors (Lipinski definition) is 1. The van der Waals surface area contributed by atoms with Gasteiger partial charge in [0.1, 0.15) is 0 Å². The maximum absolute atomic E-state index is 6.47. The normalized spacial score (nSPS) is 21.2. The van der Waals surface area contributed by atoms with Gasteiger partial charge in [-0.25, -0.2) is 0 Å². The first kappa shape index (κ1) is 18.4. The fourth-order valence-corrected chi connectivity index (χ4v) is 3.90. The molecule has 1 unspecified atom stereocenters. The van der Waals surface area contributed by atoms with Gasteiger partial charge in [-0.2, -0.15) is 4.98 Å². The molecule has 2 aliphatic rings. The Balaban J connectivity index is 0.00000182. The van der Waals surface area contributed by atoms with E-state index in [-0.39, 0.29) is 24.6 Å². The van der Waals surface area contributed by atoms with E-state index in [9.17, 15) is 0 Å². The number of halogens is 1. The van der Waals surface area contributed by atoms with Crippen LogP contribution in [0, 0.1) is 0 Å². The molecule has 0 saturated heterocycles. The van der Waals surface area contributed by atoms with E-state index in [0.717, 1.165) is 44.1 Å². The molecule has 1 atom stereocenters. The second kappa shape index (κ2) is 7.85. The predicted molar refractivity (Wildman–Crippen MR) is 97.5 cm³/mol. The van der Waals surface area contributed by atoms with Gasteiger partial charge in [0.15, 0.2) is 11.9 Å². The SMILES string of the molecule is Cl.NC1(c2noc(C(OC3CCCC3)c3ccccc3)n2)CCCC1. The summed E-state index contributed by atoms with van der Waals surface area (Å²) in [7, 11) is 0. The number of hydrogen-bond acceptors (Lipinski definition) is 5. The summed E-state index contributed by atoms with van der Waals surface area (Å²) in [5.74, 6) is 1.16. The maximum atomic E-state index is 6.47. The largest absolute Gasteiger partial charge is 0.360 e. The van der Waals surface area contributed by atoms with Crippen molar-refractivity contribution in [1.82, 2.24) is 10.1 Å². The Morgan fingerprint density at radius 3 is 2.44 bits per heavy atom. The summed E-state index contributed by atoms with van der Waals surface area (Å²) in [5.41, 5.74) is 7.09. The molecule has 0 bridgehead atoms. The third-order valence-corrected chi connectivity index (χ3v) is 5.34. The zero-order chi connectivity index (χ0) is 16.4. The standard InChI is InChI=1S/C19H25N3O2.ClH/c20-19(12-6-7-13-19)18-21-17(24-22-18)16(14-8-2-1-3-9-14)23-15-10-4-5-11-15;/h1-3,8-9,15-16H,4-7,10-13,20H2;1H. The zero-order valence-corrected chi connectivity index (χ0v) is 15.2. The fourth-order valence-electron chi connectivity index (χ4n) is 3.90. The topological polar surface area (TPSA) is 74.2 Å². The Hall–Kier alpha value is -1.43. The summed E-state index contributed by atoms with van der Waals surface area (Å²) in [4.78, 5) is 4.66. The molecule has 4 rings (SSSR count). The van der Waals surface area contributed by atoms with Crippen LogP contribution < -0.4 is 5.73 Å². The van der Waals surface area contributed by atoms with E-state index < -0.39 is 5.54 Å². The molecular weight excluding hydrogens is 338 g/mol. The number of ether oxygens (including phenoxy) is 1. The monoisotopic (exact) mass is 363 g/mol. The second-order valence-corrected chi connectivity index (χ2v) is 7.15. The van der Waals surface area contributed by atoms with Gasteiger partial charge in [0.2, 0.25) is 0 Å². The van der Waals surface area contributed by atoms with Crippen LogP contribution in [0.3, 0.4) is 0 Å². The third-order valence-electron chi connectivity index (χ3n) is 5.34. The van der Waals surface area contributed by atoms with Crippen LogP contribution in [0.25, 0.3) is 0 Å². The van der Waals surface area contributed by atoms with Crippen molar-refractivity contribution in [3.05, 3.63) is 47.6 Å². The van der Waals surface area contributed by atoms with Crippen LogP contribution >= 0.6 is 12.4 Å². The lowest BCUT2D eigenvalue weighted by atomic mass is 9.98. The molecule has 25 heavy (non-hydrogen) atoms. The lowest BCUT2D eigenvalue weighted by Gasteiger charge is -2.20. The van der Waals surface area contributed by atoms with Crippen molar-refractivity contribution < 1.29 is 9.26 Å². The van der Waals surface area contributed by atoms with Crippen molar-refractivity contribution in [1.29, 1.82) is 0 Å². The van der Waals surface area contributed by atoms with E-state index >= 15 is 0 Å². The van der Waals surface area contributed by atoms with E-state index in [4.69, 9.17) is 15.0 Å². The molecule has 2 aromatic rings. The Labute approximate surface area is 154 Å². The minimum atomic E-state index is -0.434. The van der Waals surface area contributed by atoms with Gasteiger partial charge in [-0.1, -0.05) is 61.2 Å². The Morgan fingerprint density at radius 2 is 1.76 bits per heavy atom. The van der Waals surface area contributed by atoms with Crippen molar-refractivity contribution in [3.8, 4) is 0 Å². The summed E-state index contributed by atoms with van der Waals surface area (Å²) in [5, 5.41) is 4.20. The molecule has 0 aliphatic heterocycles. The van der Waals surface area contributed by atoms with Gasteiger partial charge in [0, 0.05) is 0 Å². The van der Waals surface area contributed by atoms with Crippen molar-refractivity contribution in [3.63, 3.8) is 0 Å². The van der Waals surface area contributed by atoms with Crippen LogP contribution in [-0.2, 0) is 10.3 Å². The molecule has 0 amide bonds. The third kappa shape index (κ3) is 3.89. The molecule has 0 spiro atoms. The van der Waals surface area contributed by atoms with Gasteiger partial charge >= 0.3 is 0 Å². The van der Waals surface area contributed by atoms with E-state index in [1.54, 1.807) is 0 Å². The molecule has 2 fully saturated rings. The number of benzene rings is 1.